The first-order valence-electron chi connectivity index (χ1n) is 7.41. The second-order valence-corrected chi connectivity index (χ2v) is 5.84. The number of hydrogen-bond donors (Lipinski definition) is 1. The van der Waals surface area contributed by atoms with E-state index in [1.54, 1.807) is 25.3 Å². The molecule has 1 aromatic carbocycles. The molecule has 0 saturated carbocycles. The molecule has 2 aromatic heterocycles. The minimum Gasteiger partial charge on any atom is -0.295 e. The van der Waals surface area contributed by atoms with E-state index in [1.807, 2.05) is 0 Å². The number of hydrazone groups is 1. The number of carbonyl (C=O) groups is 1. The third-order valence-corrected chi connectivity index (χ3v) is 3.85. The number of amides is 1. The van der Waals surface area contributed by atoms with Gasteiger partial charge in [-0.3, -0.25) is 9.20 Å². The van der Waals surface area contributed by atoms with Gasteiger partial charge in [-0.15, -0.1) is 0 Å². The SMILES string of the molecule is Cc1nc2cc(Cl)ccn2c1C(=O)N/N=C\c1ccccc1C(F)(F)F. The van der Waals surface area contributed by atoms with E-state index in [-0.39, 0.29) is 11.3 Å². The van der Waals surface area contributed by atoms with Crippen molar-refractivity contribution in [2.24, 2.45) is 5.10 Å². The van der Waals surface area contributed by atoms with E-state index in [4.69, 9.17) is 11.6 Å². The Morgan fingerprint density at radius 3 is 2.77 bits per heavy atom. The van der Waals surface area contributed by atoms with Crippen molar-refractivity contribution in [3.63, 3.8) is 0 Å². The van der Waals surface area contributed by atoms with Gasteiger partial charge in [-0.2, -0.15) is 18.3 Å². The normalized spacial score (nSPS) is 12.0. The highest BCUT2D eigenvalue weighted by Gasteiger charge is 2.32. The Balaban J connectivity index is 1.85. The summed E-state index contributed by atoms with van der Waals surface area (Å²) in [6.45, 7) is 1.64. The van der Waals surface area contributed by atoms with Crippen LogP contribution in [0.25, 0.3) is 5.65 Å². The molecule has 0 bridgehead atoms. The summed E-state index contributed by atoms with van der Waals surface area (Å²) >= 11 is 5.89. The number of carbonyl (C=O) groups excluding carboxylic acids is 1. The number of hydrogen-bond acceptors (Lipinski definition) is 3. The van der Waals surface area contributed by atoms with Gasteiger partial charge in [0, 0.05) is 22.8 Å². The number of benzene rings is 1. The molecule has 3 rings (SSSR count). The highest BCUT2D eigenvalue weighted by molar-refractivity contribution is 6.30. The van der Waals surface area contributed by atoms with Crippen LogP contribution in [0.2, 0.25) is 5.02 Å². The molecule has 1 amide bonds. The summed E-state index contributed by atoms with van der Waals surface area (Å²) < 4.78 is 40.4. The Morgan fingerprint density at radius 2 is 2.04 bits per heavy atom. The number of nitrogens with zero attached hydrogens (tertiary/aromatic N) is 3. The largest absolute Gasteiger partial charge is 0.417 e. The minimum atomic E-state index is -4.51. The molecule has 1 N–H and O–H groups in total. The van der Waals surface area contributed by atoms with Gasteiger partial charge in [0.15, 0.2) is 0 Å². The second-order valence-electron chi connectivity index (χ2n) is 5.40. The molecular weight excluding hydrogens is 369 g/mol. The van der Waals surface area contributed by atoms with Crippen LogP contribution >= 0.6 is 11.6 Å². The number of nitrogens with one attached hydrogen (secondary N) is 1. The number of halogens is 4. The van der Waals surface area contributed by atoms with Crippen LogP contribution in [-0.2, 0) is 6.18 Å². The summed E-state index contributed by atoms with van der Waals surface area (Å²) in [6.07, 6.45) is -1.98. The van der Waals surface area contributed by atoms with Crippen molar-refractivity contribution in [1.82, 2.24) is 14.8 Å². The van der Waals surface area contributed by atoms with Crippen molar-refractivity contribution >= 4 is 29.4 Å². The lowest BCUT2D eigenvalue weighted by molar-refractivity contribution is -0.137. The lowest BCUT2D eigenvalue weighted by Crippen LogP contribution is -2.20. The van der Waals surface area contributed by atoms with Crippen molar-refractivity contribution in [2.75, 3.05) is 0 Å². The molecule has 5 nitrogen and oxygen atoms in total. The Labute approximate surface area is 151 Å². The van der Waals surface area contributed by atoms with Gasteiger partial charge in [0.1, 0.15) is 11.3 Å². The molecule has 0 aliphatic rings. The molecular formula is C17H12ClF3N4O. The molecule has 9 heteroatoms. The number of pyridine rings is 1. The fourth-order valence-electron chi connectivity index (χ4n) is 2.49. The smallest absolute Gasteiger partial charge is 0.295 e. The zero-order valence-corrected chi connectivity index (χ0v) is 14.1. The van der Waals surface area contributed by atoms with Gasteiger partial charge in [0.2, 0.25) is 0 Å². The molecule has 0 fully saturated rings. The Morgan fingerprint density at radius 1 is 1.31 bits per heavy atom. The topological polar surface area (TPSA) is 58.8 Å². The molecule has 0 spiro atoms. The van der Waals surface area contributed by atoms with Crippen molar-refractivity contribution in [3.8, 4) is 0 Å². The maximum absolute atomic E-state index is 12.9. The second kappa shape index (κ2) is 6.80. The van der Waals surface area contributed by atoms with Gasteiger partial charge in [0.05, 0.1) is 17.5 Å². The van der Waals surface area contributed by atoms with E-state index in [2.05, 4.69) is 15.5 Å². The van der Waals surface area contributed by atoms with E-state index < -0.39 is 17.6 Å². The average molecular weight is 381 g/mol. The summed E-state index contributed by atoms with van der Waals surface area (Å²) in [7, 11) is 0. The maximum atomic E-state index is 12.9. The number of rotatable bonds is 3. The van der Waals surface area contributed by atoms with Crippen molar-refractivity contribution in [3.05, 3.63) is 70.1 Å². The van der Waals surface area contributed by atoms with Gasteiger partial charge < -0.3 is 0 Å². The number of aryl methyl sites for hydroxylation is 1. The van der Waals surface area contributed by atoms with Crippen LogP contribution in [0.4, 0.5) is 13.2 Å². The van der Waals surface area contributed by atoms with Crippen LogP contribution in [0.5, 0.6) is 0 Å². The third kappa shape index (κ3) is 3.55. The molecule has 0 aliphatic carbocycles. The zero-order valence-electron chi connectivity index (χ0n) is 13.4. The zero-order chi connectivity index (χ0) is 18.9. The standard InChI is InChI=1S/C17H12ClF3N4O/c1-10-15(25-7-6-12(18)8-14(25)23-10)16(26)24-22-9-11-4-2-3-5-13(11)17(19,20)21/h2-9H,1H3,(H,24,26)/b22-9-. The molecule has 0 saturated heterocycles. The van der Waals surface area contributed by atoms with E-state index in [9.17, 15) is 18.0 Å². The number of fused-ring (bicyclic) bond motifs is 1. The molecule has 0 radical (unpaired) electrons. The van der Waals surface area contributed by atoms with Gasteiger partial charge >= 0.3 is 6.18 Å². The van der Waals surface area contributed by atoms with Crippen LogP contribution in [0.15, 0.2) is 47.7 Å². The molecule has 134 valence electrons. The molecule has 0 unspecified atom stereocenters. The highest BCUT2D eigenvalue weighted by Crippen LogP contribution is 2.31. The molecule has 26 heavy (non-hydrogen) atoms. The van der Waals surface area contributed by atoms with Crippen molar-refractivity contribution in [2.45, 2.75) is 13.1 Å². The van der Waals surface area contributed by atoms with Crippen LogP contribution < -0.4 is 5.43 Å². The maximum Gasteiger partial charge on any atom is 0.417 e. The predicted octanol–water partition coefficient (Wildman–Crippen LogP) is 4.08. The molecule has 3 aromatic rings. The van der Waals surface area contributed by atoms with Crippen molar-refractivity contribution < 1.29 is 18.0 Å². The quantitative estimate of drug-likeness (QED) is 0.550. The minimum absolute atomic E-state index is 0.151. The summed E-state index contributed by atoms with van der Waals surface area (Å²) in [5.41, 5.74) is 2.38. The predicted molar refractivity (Wildman–Crippen MR) is 91.4 cm³/mol. The first kappa shape index (κ1) is 17.9. The fraction of sp³-hybridized carbons (Fsp3) is 0.118. The monoisotopic (exact) mass is 380 g/mol. The fourth-order valence-corrected chi connectivity index (χ4v) is 2.65. The van der Waals surface area contributed by atoms with E-state index >= 15 is 0 Å². The van der Waals surface area contributed by atoms with Crippen LogP contribution in [0.1, 0.15) is 27.3 Å². The van der Waals surface area contributed by atoms with E-state index in [1.165, 1.54) is 22.6 Å². The highest BCUT2D eigenvalue weighted by atomic mass is 35.5. The summed E-state index contributed by atoms with van der Waals surface area (Å²) in [5, 5.41) is 4.11. The van der Waals surface area contributed by atoms with Crippen LogP contribution in [0.3, 0.4) is 0 Å². The average Bonchev–Trinajstić information content (AvgIpc) is 2.89. The Hall–Kier alpha value is -2.87. The van der Waals surface area contributed by atoms with E-state index in [0.717, 1.165) is 12.3 Å². The summed E-state index contributed by atoms with van der Waals surface area (Å²) in [5.74, 6) is -0.599. The van der Waals surface area contributed by atoms with Gasteiger partial charge in [-0.25, -0.2) is 10.4 Å². The summed E-state index contributed by atoms with van der Waals surface area (Å²) in [6, 6.07) is 8.13. The lowest BCUT2D eigenvalue weighted by Gasteiger charge is -2.09. The third-order valence-electron chi connectivity index (χ3n) is 3.61. The van der Waals surface area contributed by atoms with Crippen LogP contribution in [-0.4, -0.2) is 21.5 Å². The van der Waals surface area contributed by atoms with Crippen LogP contribution in [0, 0.1) is 6.92 Å². The van der Waals surface area contributed by atoms with Gasteiger partial charge in [0.25, 0.3) is 5.91 Å². The van der Waals surface area contributed by atoms with Crippen molar-refractivity contribution in [1.29, 1.82) is 0 Å². The summed E-state index contributed by atoms with van der Waals surface area (Å²) in [4.78, 5) is 16.6. The molecule has 0 aliphatic heterocycles. The Kier molecular flexibility index (Phi) is 4.69. The van der Waals surface area contributed by atoms with Gasteiger partial charge in [-0.05, 0) is 19.1 Å². The molecule has 0 atom stereocenters. The number of alkyl halides is 3. The Bertz CT molecular complexity index is 1010. The number of aromatic nitrogens is 2. The van der Waals surface area contributed by atoms with E-state index in [0.29, 0.717) is 16.4 Å². The first-order valence-corrected chi connectivity index (χ1v) is 7.79. The number of imidazole rings is 1. The molecule has 2 heterocycles. The van der Waals surface area contributed by atoms with Gasteiger partial charge in [-0.1, -0.05) is 29.8 Å². The first-order chi connectivity index (χ1) is 12.3. The lowest BCUT2D eigenvalue weighted by atomic mass is 10.1.